The van der Waals surface area contributed by atoms with Gasteiger partial charge in [-0.15, -0.1) is 0 Å². The van der Waals surface area contributed by atoms with Crippen LogP contribution in [0.1, 0.15) is 44.0 Å². The van der Waals surface area contributed by atoms with Gasteiger partial charge in [-0.1, -0.05) is 15.9 Å². The zero-order valence-electron chi connectivity index (χ0n) is 13.6. The Bertz CT molecular complexity index is 612. The number of carbonyl (C=O) groups excluding carboxylic acids is 2. The van der Waals surface area contributed by atoms with Crippen LogP contribution >= 0.6 is 15.9 Å². The summed E-state index contributed by atoms with van der Waals surface area (Å²) in [6.07, 6.45) is 0.600. The van der Waals surface area contributed by atoms with Crippen LogP contribution in [0.15, 0.2) is 22.7 Å². The van der Waals surface area contributed by atoms with Crippen LogP contribution in [0, 0.1) is 11.7 Å². The smallest absolute Gasteiger partial charge is 0.410 e. The van der Waals surface area contributed by atoms with Gasteiger partial charge in [0.15, 0.2) is 5.78 Å². The number of carbonyl (C=O) groups is 2. The molecule has 23 heavy (non-hydrogen) atoms. The van der Waals surface area contributed by atoms with Gasteiger partial charge in [-0.25, -0.2) is 9.18 Å². The van der Waals surface area contributed by atoms with Crippen LogP contribution in [0.5, 0.6) is 0 Å². The number of nitrogens with zero attached hydrogens (tertiary/aromatic N) is 1. The average Bonchev–Trinajstić information content (AvgIpc) is 2.85. The summed E-state index contributed by atoms with van der Waals surface area (Å²) in [6, 6.07) is 4.43. The second-order valence-corrected chi connectivity index (χ2v) is 7.75. The molecule has 1 saturated heterocycles. The first-order valence-corrected chi connectivity index (χ1v) is 8.41. The summed E-state index contributed by atoms with van der Waals surface area (Å²) >= 11 is 3.17. The number of likely N-dealkylation sites (tertiary alicyclic amines) is 1. The highest BCUT2D eigenvalue weighted by Crippen LogP contribution is 2.25. The predicted molar refractivity (Wildman–Crippen MR) is 89.0 cm³/mol. The van der Waals surface area contributed by atoms with E-state index in [9.17, 15) is 14.0 Å². The van der Waals surface area contributed by atoms with Gasteiger partial charge < -0.3 is 9.64 Å². The first kappa shape index (κ1) is 17.9. The number of hydrogen-bond donors (Lipinski definition) is 0. The second kappa shape index (κ2) is 6.99. The van der Waals surface area contributed by atoms with E-state index >= 15 is 0 Å². The highest BCUT2D eigenvalue weighted by Gasteiger charge is 2.31. The molecule has 1 aliphatic heterocycles. The van der Waals surface area contributed by atoms with Gasteiger partial charge in [0.1, 0.15) is 11.4 Å². The first-order valence-electron chi connectivity index (χ1n) is 7.62. The summed E-state index contributed by atoms with van der Waals surface area (Å²) < 4.78 is 19.8. The number of rotatable bonds is 3. The van der Waals surface area contributed by atoms with E-state index in [0.29, 0.717) is 17.6 Å². The standard InChI is InChI=1S/C17H21BrFNO3/c1-17(2,3)23-16(22)20-7-6-11(10-20)8-15(21)13-5-4-12(18)9-14(13)19/h4-5,9,11H,6-8,10H2,1-3H3/t11-/m0/s1. The summed E-state index contributed by atoms with van der Waals surface area (Å²) in [5.41, 5.74) is -0.435. The Hall–Kier alpha value is -1.43. The number of halogens is 2. The van der Waals surface area contributed by atoms with Crippen molar-refractivity contribution < 1.29 is 18.7 Å². The van der Waals surface area contributed by atoms with E-state index in [0.717, 1.165) is 6.42 Å². The Morgan fingerprint density at radius 2 is 2.09 bits per heavy atom. The monoisotopic (exact) mass is 385 g/mol. The Kier molecular flexibility index (Phi) is 5.45. The van der Waals surface area contributed by atoms with Crippen molar-refractivity contribution in [3.8, 4) is 0 Å². The minimum Gasteiger partial charge on any atom is -0.444 e. The Morgan fingerprint density at radius 1 is 1.39 bits per heavy atom. The molecule has 0 aromatic heterocycles. The normalized spacial score (nSPS) is 18.1. The topological polar surface area (TPSA) is 46.6 Å². The molecule has 0 aliphatic carbocycles. The fraction of sp³-hybridized carbons (Fsp3) is 0.529. The van der Waals surface area contributed by atoms with Crippen LogP contribution in [0.25, 0.3) is 0 Å². The van der Waals surface area contributed by atoms with Crippen LogP contribution in [-0.2, 0) is 4.74 Å². The highest BCUT2D eigenvalue weighted by atomic mass is 79.9. The molecule has 1 atom stereocenters. The molecule has 1 aromatic rings. The minimum atomic E-state index is -0.536. The van der Waals surface area contributed by atoms with Crippen molar-refractivity contribution in [2.45, 2.75) is 39.2 Å². The third kappa shape index (κ3) is 5.03. The largest absolute Gasteiger partial charge is 0.444 e. The fourth-order valence-corrected chi connectivity index (χ4v) is 2.91. The molecule has 0 saturated carbocycles. The number of Topliss-reactive ketones (excluding diaryl/α,β-unsaturated/α-hetero) is 1. The third-order valence-corrected chi connectivity index (χ3v) is 4.14. The zero-order valence-corrected chi connectivity index (χ0v) is 15.2. The van der Waals surface area contributed by atoms with E-state index in [4.69, 9.17) is 4.74 Å². The van der Waals surface area contributed by atoms with Gasteiger partial charge in [0, 0.05) is 24.0 Å². The molecule has 1 amide bonds. The Morgan fingerprint density at radius 3 is 2.70 bits per heavy atom. The molecule has 4 nitrogen and oxygen atoms in total. The van der Waals surface area contributed by atoms with Crippen LogP contribution in [-0.4, -0.2) is 35.5 Å². The maximum atomic E-state index is 13.8. The number of benzene rings is 1. The fourth-order valence-electron chi connectivity index (χ4n) is 2.58. The maximum Gasteiger partial charge on any atom is 0.410 e. The summed E-state index contributed by atoms with van der Waals surface area (Å²) in [7, 11) is 0. The number of hydrogen-bond acceptors (Lipinski definition) is 3. The third-order valence-electron chi connectivity index (χ3n) is 3.64. The number of amides is 1. The minimum absolute atomic E-state index is 0.0399. The Labute approximate surface area is 144 Å². The lowest BCUT2D eigenvalue weighted by atomic mass is 9.97. The van der Waals surface area contributed by atoms with E-state index in [-0.39, 0.29) is 29.8 Å². The average molecular weight is 386 g/mol. The van der Waals surface area contributed by atoms with Gasteiger partial charge in [-0.2, -0.15) is 0 Å². The molecule has 2 rings (SSSR count). The van der Waals surface area contributed by atoms with Gasteiger partial charge in [-0.3, -0.25) is 4.79 Å². The van der Waals surface area contributed by atoms with Crippen molar-refractivity contribution in [2.75, 3.05) is 13.1 Å². The summed E-state index contributed by atoms with van der Waals surface area (Å²) in [5.74, 6) is -0.713. The lowest BCUT2D eigenvalue weighted by Crippen LogP contribution is -2.35. The van der Waals surface area contributed by atoms with E-state index in [1.807, 2.05) is 20.8 Å². The van der Waals surface area contributed by atoms with Crippen LogP contribution in [0.2, 0.25) is 0 Å². The molecule has 0 bridgehead atoms. The van der Waals surface area contributed by atoms with Crippen LogP contribution in [0.3, 0.4) is 0 Å². The SMILES string of the molecule is CC(C)(C)OC(=O)N1CC[C@@H](CC(=O)c2ccc(Br)cc2F)C1. The Balaban J connectivity index is 1.92. The predicted octanol–water partition coefficient (Wildman–Crippen LogP) is 4.42. The van der Waals surface area contributed by atoms with Crippen molar-refractivity contribution >= 4 is 27.8 Å². The van der Waals surface area contributed by atoms with E-state index in [2.05, 4.69) is 15.9 Å². The van der Waals surface area contributed by atoms with Crippen molar-refractivity contribution in [3.63, 3.8) is 0 Å². The number of ether oxygens (including phenoxy) is 1. The van der Waals surface area contributed by atoms with Gasteiger partial charge in [-0.05, 0) is 51.3 Å². The molecule has 1 aromatic carbocycles. The summed E-state index contributed by atoms with van der Waals surface area (Å²) in [5, 5.41) is 0. The van der Waals surface area contributed by atoms with Crippen molar-refractivity contribution in [1.82, 2.24) is 4.90 Å². The zero-order chi connectivity index (χ0) is 17.2. The van der Waals surface area contributed by atoms with E-state index in [1.165, 1.54) is 12.1 Å². The van der Waals surface area contributed by atoms with Gasteiger partial charge in [0.25, 0.3) is 0 Å². The maximum absolute atomic E-state index is 13.8. The quantitative estimate of drug-likeness (QED) is 0.723. The van der Waals surface area contributed by atoms with E-state index in [1.54, 1.807) is 11.0 Å². The second-order valence-electron chi connectivity index (χ2n) is 6.83. The molecule has 0 N–H and O–H groups in total. The molecule has 1 aliphatic rings. The van der Waals surface area contributed by atoms with E-state index < -0.39 is 11.4 Å². The first-order chi connectivity index (χ1) is 10.7. The number of ketones is 1. The molecule has 126 valence electrons. The molecule has 6 heteroatoms. The van der Waals surface area contributed by atoms with Gasteiger partial charge >= 0.3 is 6.09 Å². The molecule has 0 spiro atoms. The lowest BCUT2D eigenvalue weighted by Gasteiger charge is -2.24. The molecule has 0 radical (unpaired) electrons. The van der Waals surface area contributed by atoms with Crippen LogP contribution in [0.4, 0.5) is 9.18 Å². The molecule has 1 heterocycles. The molecule has 0 unspecified atom stereocenters. The summed E-state index contributed by atoms with van der Waals surface area (Å²) in [4.78, 5) is 25.9. The summed E-state index contributed by atoms with van der Waals surface area (Å²) in [6.45, 7) is 6.49. The molecular weight excluding hydrogens is 365 g/mol. The molecule has 1 fully saturated rings. The highest BCUT2D eigenvalue weighted by molar-refractivity contribution is 9.10. The van der Waals surface area contributed by atoms with Gasteiger partial charge in [0.2, 0.25) is 0 Å². The van der Waals surface area contributed by atoms with Crippen molar-refractivity contribution in [1.29, 1.82) is 0 Å². The molecular formula is C17H21BrFNO3. The van der Waals surface area contributed by atoms with Crippen molar-refractivity contribution in [2.24, 2.45) is 5.92 Å². The van der Waals surface area contributed by atoms with Crippen molar-refractivity contribution in [3.05, 3.63) is 34.1 Å². The lowest BCUT2D eigenvalue weighted by molar-refractivity contribution is 0.0286. The van der Waals surface area contributed by atoms with Crippen LogP contribution < -0.4 is 0 Å². The van der Waals surface area contributed by atoms with Gasteiger partial charge in [0.05, 0.1) is 5.56 Å².